The van der Waals surface area contributed by atoms with Crippen molar-refractivity contribution in [2.24, 2.45) is 0 Å². The van der Waals surface area contributed by atoms with E-state index in [4.69, 9.17) is 9.47 Å². The highest BCUT2D eigenvalue weighted by molar-refractivity contribution is 5.38. The number of hydrogen-bond donors (Lipinski definition) is 2. The molecule has 0 unspecified atom stereocenters. The quantitative estimate of drug-likeness (QED) is 0.837. The lowest BCUT2D eigenvalue weighted by Crippen LogP contribution is -3.16. The average molecular weight is 306 g/mol. The number of hydrogen-bond acceptors (Lipinski definition) is 3. The van der Waals surface area contributed by atoms with Crippen molar-refractivity contribution in [3.8, 4) is 5.75 Å². The van der Waals surface area contributed by atoms with Crippen molar-refractivity contribution in [3.63, 3.8) is 0 Å². The Morgan fingerprint density at radius 1 is 1.23 bits per heavy atom. The molecule has 1 aliphatic heterocycles. The predicted octanol–water partition coefficient (Wildman–Crippen LogP) is 0.607. The van der Waals surface area contributed by atoms with Crippen LogP contribution in [0.5, 0.6) is 5.75 Å². The second kappa shape index (κ2) is 6.99. The highest BCUT2D eigenvalue weighted by Crippen LogP contribution is 2.25. The number of rotatable bonds is 5. The number of aliphatic hydroxyl groups is 1. The summed E-state index contributed by atoms with van der Waals surface area (Å²) in [5.74, 6) is 0.887. The molecule has 3 rings (SSSR count). The van der Waals surface area contributed by atoms with Crippen molar-refractivity contribution in [2.45, 2.75) is 51.4 Å². The predicted molar refractivity (Wildman–Crippen MR) is 85.5 cm³/mol. The van der Waals surface area contributed by atoms with Crippen LogP contribution in [-0.4, -0.2) is 49.7 Å². The lowest BCUT2D eigenvalue weighted by Gasteiger charge is -2.33. The van der Waals surface area contributed by atoms with Crippen molar-refractivity contribution in [1.29, 1.82) is 0 Å². The van der Waals surface area contributed by atoms with Gasteiger partial charge >= 0.3 is 0 Å². The van der Waals surface area contributed by atoms with Crippen LogP contribution in [0.15, 0.2) is 18.2 Å². The number of aryl methyl sites for hydroxylation is 2. The highest BCUT2D eigenvalue weighted by atomic mass is 16.5. The largest absolute Gasteiger partial charge is 0.491 e. The highest BCUT2D eigenvalue weighted by Gasteiger charge is 2.27. The van der Waals surface area contributed by atoms with Gasteiger partial charge in [-0.1, -0.05) is 6.07 Å². The van der Waals surface area contributed by atoms with E-state index in [2.05, 4.69) is 26.0 Å². The maximum Gasteiger partial charge on any atom is 0.137 e. The van der Waals surface area contributed by atoms with Gasteiger partial charge in [0.05, 0.1) is 0 Å². The van der Waals surface area contributed by atoms with Gasteiger partial charge in [0.15, 0.2) is 0 Å². The SMILES string of the molecule is C[C@H]1C[NH+](C[C@H](O)COc2ccc3c(c2)CCC3)C[C@H](C)O1. The Morgan fingerprint density at radius 2 is 1.95 bits per heavy atom. The number of aliphatic hydroxyl groups excluding tert-OH is 1. The zero-order chi connectivity index (χ0) is 15.5. The smallest absolute Gasteiger partial charge is 0.137 e. The molecule has 22 heavy (non-hydrogen) atoms. The summed E-state index contributed by atoms with van der Waals surface area (Å²) in [7, 11) is 0. The zero-order valence-corrected chi connectivity index (χ0v) is 13.7. The van der Waals surface area contributed by atoms with Gasteiger partial charge in [0, 0.05) is 0 Å². The molecule has 2 N–H and O–H groups in total. The summed E-state index contributed by atoms with van der Waals surface area (Å²) in [6.07, 6.45) is 3.70. The Hall–Kier alpha value is -1.10. The number of quaternary nitrogens is 1. The standard InChI is InChI=1S/C18H27NO3/c1-13-9-19(10-14(2)22-13)11-17(20)12-21-18-7-6-15-4-3-5-16(15)8-18/h6-8,13-14,17,20H,3-5,9-12H2,1-2H3/p+1/t13-,14-,17-/m0/s1. The first-order chi connectivity index (χ1) is 10.6. The van der Waals surface area contributed by atoms with Gasteiger partial charge in [0.1, 0.15) is 50.3 Å². The van der Waals surface area contributed by atoms with E-state index in [1.54, 1.807) is 0 Å². The van der Waals surface area contributed by atoms with Crippen molar-refractivity contribution < 1.29 is 19.5 Å². The lowest BCUT2D eigenvalue weighted by molar-refractivity contribution is -0.918. The van der Waals surface area contributed by atoms with Gasteiger partial charge in [0.25, 0.3) is 0 Å². The normalized spacial score (nSPS) is 29.1. The first-order valence-electron chi connectivity index (χ1n) is 8.52. The number of fused-ring (bicyclic) bond motifs is 1. The van der Waals surface area contributed by atoms with Crippen LogP contribution in [0.1, 0.15) is 31.4 Å². The van der Waals surface area contributed by atoms with Crippen molar-refractivity contribution in [3.05, 3.63) is 29.3 Å². The fourth-order valence-electron chi connectivity index (χ4n) is 3.78. The third kappa shape index (κ3) is 4.00. The summed E-state index contributed by atoms with van der Waals surface area (Å²) in [5.41, 5.74) is 2.86. The van der Waals surface area contributed by atoms with E-state index < -0.39 is 6.10 Å². The van der Waals surface area contributed by atoms with Crippen LogP contribution in [0.3, 0.4) is 0 Å². The van der Waals surface area contributed by atoms with Gasteiger partial charge in [-0.2, -0.15) is 0 Å². The van der Waals surface area contributed by atoms with Gasteiger partial charge in [0.2, 0.25) is 0 Å². The number of ether oxygens (including phenoxy) is 2. The van der Waals surface area contributed by atoms with Crippen LogP contribution in [0, 0.1) is 0 Å². The molecule has 1 saturated heterocycles. The molecular formula is C18H28NO3+. The molecule has 0 aromatic heterocycles. The molecule has 122 valence electrons. The van der Waals surface area contributed by atoms with Gasteiger partial charge in [-0.15, -0.1) is 0 Å². The molecule has 1 aliphatic carbocycles. The molecule has 1 heterocycles. The Morgan fingerprint density at radius 3 is 2.73 bits per heavy atom. The first kappa shape index (κ1) is 15.8. The van der Waals surface area contributed by atoms with Crippen molar-refractivity contribution >= 4 is 0 Å². The summed E-state index contributed by atoms with van der Waals surface area (Å²) in [6.45, 7) is 7.21. The third-order valence-electron chi connectivity index (χ3n) is 4.65. The molecular weight excluding hydrogens is 278 g/mol. The maximum absolute atomic E-state index is 10.2. The summed E-state index contributed by atoms with van der Waals surface area (Å²) in [5, 5.41) is 10.2. The van der Waals surface area contributed by atoms with Crippen LogP contribution in [0.2, 0.25) is 0 Å². The molecule has 0 bridgehead atoms. The molecule has 1 aromatic carbocycles. The first-order valence-corrected chi connectivity index (χ1v) is 8.52. The van der Waals surface area contributed by atoms with Crippen LogP contribution in [0.4, 0.5) is 0 Å². The van der Waals surface area contributed by atoms with E-state index in [0.717, 1.165) is 31.8 Å². The Kier molecular flexibility index (Phi) is 5.01. The second-order valence-corrected chi connectivity index (χ2v) is 6.87. The van der Waals surface area contributed by atoms with Gasteiger partial charge in [-0.25, -0.2) is 0 Å². The molecule has 1 fully saturated rings. The summed E-state index contributed by atoms with van der Waals surface area (Å²) < 4.78 is 11.5. The lowest BCUT2D eigenvalue weighted by atomic mass is 10.1. The summed E-state index contributed by atoms with van der Waals surface area (Å²) in [4.78, 5) is 1.40. The van der Waals surface area contributed by atoms with Crippen LogP contribution < -0.4 is 9.64 Å². The molecule has 0 saturated carbocycles. The number of nitrogens with one attached hydrogen (secondary N) is 1. The van der Waals surface area contributed by atoms with E-state index in [0.29, 0.717) is 6.61 Å². The van der Waals surface area contributed by atoms with E-state index in [-0.39, 0.29) is 12.2 Å². The van der Waals surface area contributed by atoms with Crippen LogP contribution in [-0.2, 0) is 17.6 Å². The van der Waals surface area contributed by atoms with Gasteiger partial charge < -0.3 is 19.5 Å². The van der Waals surface area contributed by atoms with E-state index in [1.165, 1.54) is 28.9 Å². The van der Waals surface area contributed by atoms with Crippen LogP contribution in [0.25, 0.3) is 0 Å². The maximum atomic E-state index is 10.2. The minimum Gasteiger partial charge on any atom is -0.491 e. The number of benzene rings is 1. The molecule has 3 atom stereocenters. The van der Waals surface area contributed by atoms with Crippen molar-refractivity contribution in [1.82, 2.24) is 0 Å². The molecule has 4 heteroatoms. The van der Waals surface area contributed by atoms with Gasteiger partial charge in [-0.3, -0.25) is 0 Å². The van der Waals surface area contributed by atoms with Crippen molar-refractivity contribution in [2.75, 3.05) is 26.2 Å². The fourth-order valence-corrected chi connectivity index (χ4v) is 3.78. The minimum atomic E-state index is -0.430. The van der Waals surface area contributed by atoms with Crippen LogP contribution >= 0.6 is 0 Å². The Bertz CT molecular complexity index is 495. The Labute approximate surface area is 133 Å². The van der Waals surface area contributed by atoms with Gasteiger partial charge in [-0.05, 0) is 56.4 Å². The fraction of sp³-hybridized carbons (Fsp3) is 0.667. The average Bonchev–Trinajstić information content (AvgIpc) is 2.91. The molecule has 0 radical (unpaired) electrons. The molecule has 2 aliphatic rings. The molecule has 0 amide bonds. The molecule has 4 nitrogen and oxygen atoms in total. The summed E-state index contributed by atoms with van der Waals surface area (Å²) >= 11 is 0. The summed E-state index contributed by atoms with van der Waals surface area (Å²) in [6, 6.07) is 6.34. The second-order valence-electron chi connectivity index (χ2n) is 6.87. The Balaban J connectivity index is 1.47. The van der Waals surface area contributed by atoms with E-state index in [1.807, 2.05) is 6.07 Å². The minimum absolute atomic E-state index is 0.267. The third-order valence-corrected chi connectivity index (χ3v) is 4.65. The zero-order valence-electron chi connectivity index (χ0n) is 13.7. The number of morpholine rings is 1. The van der Waals surface area contributed by atoms with E-state index >= 15 is 0 Å². The monoisotopic (exact) mass is 306 g/mol. The molecule has 0 spiro atoms. The molecule has 1 aromatic rings. The van der Waals surface area contributed by atoms with E-state index in [9.17, 15) is 5.11 Å². The topological polar surface area (TPSA) is 43.1 Å².